The van der Waals surface area contributed by atoms with Crippen molar-refractivity contribution >= 4 is 39.1 Å². The zero-order chi connectivity index (χ0) is 18.0. The van der Waals surface area contributed by atoms with Gasteiger partial charge in [-0.2, -0.15) is 4.31 Å². The molecule has 1 atom stereocenters. The number of benzene rings is 1. The lowest BCUT2D eigenvalue weighted by atomic mass is 10.2. The van der Waals surface area contributed by atoms with Crippen molar-refractivity contribution in [2.24, 2.45) is 5.73 Å². The minimum absolute atomic E-state index is 0. The van der Waals surface area contributed by atoms with E-state index < -0.39 is 16.1 Å². The number of fused-ring (bicyclic) bond motifs is 1. The van der Waals surface area contributed by atoms with Crippen LogP contribution in [-0.2, 0) is 14.8 Å². The van der Waals surface area contributed by atoms with Crippen LogP contribution in [0.4, 0.5) is 0 Å². The number of nitrogens with two attached hydrogens (primary N) is 1. The summed E-state index contributed by atoms with van der Waals surface area (Å²) >= 11 is 0. The van der Waals surface area contributed by atoms with Gasteiger partial charge in [0.1, 0.15) is 0 Å². The molecule has 9 heteroatoms. The first-order valence-corrected chi connectivity index (χ1v) is 9.72. The fraction of sp³-hybridized carbons (Fsp3) is 0.412. The monoisotopic (exact) mass is 398 g/mol. The normalized spacial score (nSPS) is 17.4. The molecule has 1 aliphatic rings. The summed E-state index contributed by atoms with van der Waals surface area (Å²) in [6.07, 6.45) is 3.83. The Hall–Kier alpha value is -1.74. The fourth-order valence-corrected chi connectivity index (χ4v) is 4.78. The molecule has 0 aliphatic carbocycles. The molecule has 2 N–H and O–H groups in total. The topological polar surface area (TPSA) is 96.6 Å². The second-order valence-electron chi connectivity index (χ2n) is 6.22. The molecule has 1 aromatic heterocycles. The molecule has 0 saturated carbocycles. The van der Waals surface area contributed by atoms with Crippen molar-refractivity contribution in [3.63, 3.8) is 0 Å². The molecule has 3 rings (SSSR count). The number of nitrogens with zero attached hydrogens (tertiary/aromatic N) is 3. The highest BCUT2D eigenvalue weighted by Gasteiger charge is 2.29. The minimum atomic E-state index is -3.65. The molecule has 142 valence electrons. The molecule has 1 amide bonds. The van der Waals surface area contributed by atoms with Crippen LogP contribution in [-0.4, -0.2) is 60.7 Å². The molecule has 1 fully saturated rings. The third kappa shape index (κ3) is 3.98. The maximum atomic E-state index is 13.1. The van der Waals surface area contributed by atoms with Crippen LogP contribution >= 0.6 is 12.4 Å². The standard InChI is InChI=1S/C17H22N4O3S.ClH/c1-13(18)17(22)20-8-3-9-21(11-10-20)25(23,24)16-5-2-4-14-12-19-7-6-15(14)16;/h2,4-7,12-13H,3,8-11,18H2,1H3;1H. The maximum Gasteiger partial charge on any atom is 0.243 e. The number of carbonyl (C=O) groups is 1. The number of halogens is 1. The van der Waals surface area contributed by atoms with E-state index in [1.807, 2.05) is 6.07 Å². The van der Waals surface area contributed by atoms with Gasteiger partial charge in [-0.05, 0) is 25.5 Å². The lowest BCUT2D eigenvalue weighted by Crippen LogP contribution is -2.44. The zero-order valence-corrected chi connectivity index (χ0v) is 16.2. The van der Waals surface area contributed by atoms with E-state index in [0.29, 0.717) is 31.4 Å². The molecule has 1 unspecified atom stereocenters. The summed E-state index contributed by atoms with van der Waals surface area (Å²) in [5.41, 5.74) is 5.66. The first-order chi connectivity index (χ1) is 11.9. The zero-order valence-electron chi connectivity index (χ0n) is 14.5. The molecule has 0 bridgehead atoms. The molecule has 1 aliphatic heterocycles. The van der Waals surface area contributed by atoms with E-state index in [4.69, 9.17) is 5.73 Å². The molecular formula is C17H23ClN4O3S. The third-order valence-corrected chi connectivity index (χ3v) is 6.37. The van der Waals surface area contributed by atoms with Crippen LogP contribution in [0, 0.1) is 0 Å². The second kappa shape index (κ2) is 8.30. The molecule has 2 aromatic rings. The quantitative estimate of drug-likeness (QED) is 0.838. The van der Waals surface area contributed by atoms with Gasteiger partial charge in [0.05, 0.1) is 10.9 Å². The van der Waals surface area contributed by atoms with Gasteiger partial charge < -0.3 is 10.6 Å². The lowest BCUT2D eigenvalue weighted by molar-refractivity contribution is -0.132. The highest BCUT2D eigenvalue weighted by atomic mass is 35.5. The smallest absolute Gasteiger partial charge is 0.243 e. The molecular weight excluding hydrogens is 376 g/mol. The summed E-state index contributed by atoms with van der Waals surface area (Å²) in [4.78, 5) is 18.0. The van der Waals surface area contributed by atoms with Gasteiger partial charge in [-0.15, -0.1) is 12.4 Å². The molecule has 0 spiro atoms. The molecule has 26 heavy (non-hydrogen) atoms. The van der Waals surface area contributed by atoms with E-state index in [9.17, 15) is 13.2 Å². The summed E-state index contributed by atoms with van der Waals surface area (Å²) < 4.78 is 27.7. The van der Waals surface area contributed by atoms with Gasteiger partial charge in [0.25, 0.3) is 0 Å². The minimum Gasteiger partial charge on any atom is -0.340 e. The van der Waals surface area contributed by atoms with Crippen LogP contribution in [0.15, 0.2) is 41.6 Å². The number of pyridine rings is 1. The van der Waals surface area contributed by atoms with Gasteiger partial charge in [-0.25, -0.2) is 8.42 Å². The van der Waals surface area contributed by atoms with Gasteiger partial charge in [-0.3, -0.25) is 9.78 Å². The number of carbonyl (C=O) groups excluding carboxylic acids is 1. The van der Waals surface area contributed by atoms with E-state index in [0.717, 1.165) is 5.39 Å². The average molecular weight is 399 g/mol. The molecule has 0 radical (unpaired) electrons. The lowest BCUT2D eigenvalue weighted by Gasteiger charge is -2.23. The number of hydrogen-bond donors (Lipinski definition) is 1. The molecule has 1 saturated heterocycles. The van der Waals surface area contributed by atoms with E-state index in [1.165, 1.54) is 4.31 Å². The predicted molar refractivity (Wildman–Crippen MR) is 103 cm³/mol. The van der Waals surface area contributed by atoms with E-state index >= 15 is 0 Å². The van der Waals surface area contributed by atoms with Crippen LogP contribution in [0.2, 0.25) is 0 Å². The first kappa shape index (κ1) is 20.6. The van der Waals surface area contributed by atoms with E-state index in [1.54, 1.807) is 42.4 Å². The number of sulfonamides is 1. The summed E-state index contributed by atoms with van der Waals surface area (Å²) in [6.45, 7) is 3.17. The maximum absolute atomic E-state index is 13.1. The van der Waals surface area contributed by atoms with Crippen molar-refractivity contribution in [3.8, 4) is 0 Å². The number of amides is 1. The highest BCUT2D eigenvalue weighted by Crippen LogP contribution is 2.25. The van der Waals surface area contributed by atoms with Crippen molar-refractivity contribution in [2.45, 2.75) is 24.3 Å². The molecule has 1 aromatic carbocycles. The SMILES string of the molecule is CC(N)C(=O)N1CCCN(S(=O)(=O)c2cccc3cnccc23)CC1.Cl. The molecule has 2 heterocycles. The van der Waals surface area contributed by atoms with Crippen LogP contribution in [0.1, 0.15) is 13.3 Å². The van der Waals surface area contributed by atoms with Gasteiger partial charge in [0.2, 0.25) is 15.9 Å². The van der Waals surface area contributed by atoms with Crippen LogP contribution < -0.4 is 5.73 Å². The van der Waals surface area contributed by atoms with Crippen molar-refractivity contribution in [1.82, 2.24) is 14.2 Å². The van der Waals surface area contributed by atoms with Crippen molar-refractivity contribution in [2.75, 3.05) is 26.2 Å². The van der Waals surface area contributed by atoms with Gasteiger partial charge in [0.15, 0.2) is 0 Å². The average Bonchev–Trinajstić information content (AvgIpc) is 2.87. The second-order valence-corrected chi connectivity index (χ2v) is 8.13. The van der Waals surface area contributed by atoms with Gasteiger partial charge in [0, 0.05) is 49.3 Å². The van der Waals surface area contributed by atoms with E-state index in [-0.39, 0.29) is 29.8 Å². The number of aromatic nitrogens is 1. The van der Waals surface area contributed by atoms with Crippen molar-refractivity contribution in [1.29, 1.82) is 0 Å². The molecule has 7 nitrogen and oxygen atoms in total. The highest BCUT2D eigenvalue weighted by molar-refractivity contribution is 7.89. The largest absolute Gasteiger partial charge is 0.340 e. The summed E-state index contributed by atoms with van der Waals surface area (Å²) in [7, 11) is -3.65. The Kier molecular flexibility index (Phi) is 6.57. The Morgan fingerprint density at radius 2 is 1.96 bits per heavy atom. The summed E-state index contributed by atoms with van der Waals surface area (Å²) in [6, 6.07) is 6.32. The third-order valence-electron chi connectivity index (χ3n) is 4.41. The fourth-order valence-electron chi connectivity index (χ4n) is 3.10. The summed E-state index contributed by atoms with van der Waals surface area (Å²) in [5, 5.41) is 1.44. The summed E-state index contributed by atoms with van der Waals surface area (Å²) in [5.74, 6) is -0.143. The van der Waals surface area contributed by atoms with Gasteiger partial charge in [-0.1, -0.05) is 12.1 Å². The van der Waals surface area contributed by atoms with Crippen molar-refractivity contribution in [3.05, 3.63) is 36.7 Å². The Bertz CT molecular complexity index is 883. The first-order valence-electron chi connectivity index (χ1n) is 8.28. The Morgan fingerprint density at radius 1 is 1.19 bits per heavy atom. The van der Waals surface area contributed by atoms with Crippen molar-refractivity contribution < 1.29 is 13.2 Å². The van der Waals surface area contributed by atoms with Gasteiger partial charge >= 0.3 is 0 Å². The number of rotatable bonds is 3. The Labute approximate surface area is 159 Å². The van der Waals surface area contributed by atoms with Crippen LogP contribution in [0.5, 0.6) is 0 Å². The van der Waals surface area contributed by atoms with Crippen LogP contribution in [0.3, 0.4) is 0 Å². The predicted octanol–water partition coefficient (Wildman–Crippen LogP) is 1.23. The van der Waals surface area contributed by atoms with Crippen LogP contribution in [0.25, 0.3) is 10.8 Å². The Balaban J connectivity index is 0.00000243. The van der Waals surface area contributed by atoms with E-state index in [2.05, 4.69) is 4.98 Å². The number of hydrogen-bond acceptors (Lipinski definition) is 5. The Morgan fingerprint density at radius 3 is 2.69 bits per heavy atom.